The first-order valence-electron chi connectivity index (χ1n) is 8.37. The van der Waals surface area contributed by atoms with Crippen LogP contribution in [0.5, 0.6) is 0 Å². The SMILES string of the molecule is CC(C)NS(=O)(=O)c1cccc(C(=O)Nc2ccc(-n3ccnc3)cc2)c1. The van der Waals surface area contributed by atoms with E-state index in [9.17, 15) is 13.2 Å². The van der Waals surface area contributed by atoms with Gasteiger partial charge in [-0.05, 0) is 56.3 Å². The number of carbonyl (C=O) groups is 1. The third kappa shape index (κ3) is 4.60. The molecule has 0 aliphatic carbocycles. The number of hydrogen-bond donors (Lipinski definition) is 2. The fourth-order valence-electron chi connectivity index (χ4n) is 2.51. The first-order valence-corrected chi connectivity index (χ1v) is 9.85. The number of amides is 1. The van der Waals surface area contributed by atoms with Crippen molar-refractivity contribution in [2.75, 3.05) is 5.32 Å². The topological polar surface area (TPSA) is 93.1 Å². The van der Waals surface area contributed by atoms with Crippen molar-refractivity contribution in [3.8, 4) is 5.69 Å². The molecule has 2 N–H and O–H groups in total. The Kier molecular flexibility index (Phi) is 5.38. The molecule has 0 radical (unpaired) electrons. The summed E-state index contributed by atoms with van der Waals surface area (Å²) in [4.78, 5) is 16.5. The van der Waals surface area contributed by atoms with Crippen LogP contribution < -0.4 is 10.0 Å². The summed E-state index contributed by atoms with van der Waals surface area (Å²) in [5.74, 6) is -0.382. The molecule has 3 rings (SSSR count). The normalized spacial score (nSPS) is 11.5. The second kappa shape index (κ2) is 7.73. The van der Waals surface area contributed by atoms with Crippen molar-refractivity contribution in [1.82, 2.24) is 14.3 Å². The molecule has 1 amide bonds. The van der Waals surface area contributed by atoms with Crippen molar-refractivity contribution < 1.29 is 13.2 Å². The fraction of sp³-hybridized carbons (Fsp3) is 0.158. The molecule has 0 unspecified atom stereocenters. The van der Waals surface area contributed by atoms with Gasteiger partial charge >= 0.3 is 0 Å². The molecule has 3 aromatic rings. The summed E-state index contributed by atoms with van der Waals surface area (Å²) >= 11 is 0. The summed E-state index contributed by atoms with van der Waals surface area (Å²) in [7, 11) is -3.66. The Morgan fingerprint density at radius 3 is 2.48 bits per heavy atom. The van der Waals surface area contributed by atoms with E-state index in [-0.39, 0.29) is 22.4 Å². The van der Waals surface area contributed by atoms with Crippen molar-refractivity contribution in [2.45, 2.75) is 24.8 Å². The zero-order chi connectivity index (χ0) is 19.4. The fourth-order valence-corrected chi connectivity index (χ4v) is 3.81. The zero-order valence-corrected chi connectivity index (χ0v) is 15.8. The summed E-state index contributed by atoms with van der Waals surface area (Å²) in [6, 6.07) is 13.0. The Morgan fingerprint density at radius 1 is 1.11 bits per heavy atom. The van der Waals surface area contributed by atoms with Gasteiger partial charge < -0.3 is 9.88 Å². The lowest BCUT2D eigenvalue weighted by molar-refractivity contribution is 0.102. The molecule has 0 bridgehead atoms. The lowest BCUT2D eigenvalue weighted by atomic mass is 10.2. The van der Waals surface area contributed by atoms with Gasteiger partial charge in [-0.1, -0.05) is 6.07 Å². The van der Waals surface area contributed by atoms with Crippen LogP contribution in [0.2, 0.25) is 0 Å². The Bertz CT molecular complexity index is 1030. The second-order valence-electron chi connectivity index (χ2n) is 6.27. The molecule has 2 aromatic carbocycles. The highest BCUT2D eigenvalue weighted by atomic mass is 32.2. The quantitative estimate of drug-likeness (QED) is 0.683. The Hall–Kier alpha value is -2.97. The van der Waals surface area contributed by atoms with Crippen LogP contribution in [-0.4, -0.2) is 29.9 Å². The number of sulfonamides is 1. The smallest absolute Gasteiger partial charge is 0.255 e. The van der Waals surface area contributed by atoms with Gasteiger partial charge in [-0.25, -0.2) is 18.1 Å². The number of anilines is 1. The van der Waals surface area contributed by atoms with Crippen LogP contribution in [0.25, 0.3) is 5.69 Å². The van der Waals surface area contributed by atoms with Crippen LogP contribution in [0, 0.1) is 0 Å². The van der Waals surface area contributed by atoms with Crippen molar-refractivity contribution in [3.05, 3.63) is 72.8 Å². The number of aromatic nitrogens is 2. The van der Waals surface area contributed by atoms with Gasteiger partial charge in [0, 0.05) is 35.4 Å². The molecule has 0 saturated heterocycles. The van der Waals surface area contributed by atoms with E-state index in [1.165, 1.54) is 12.1 Å². The van der Waals surface area contributed by atoms with Crippen LogP contribution >= 0.6 is 0 Å². The van der Waals surface area contributed by atoms with Crippen molar-refractivity contribution in [2.24, 2.45) is 0 Å². The van der Waals surface area contributed by atoms with Crippen molar-refractivity contribution in [3.63, 3.8) is 0 Å². The first kappa shape index (κ1) is 18.8. The number of nitrogens with zero attached hydrogens (tertiary/aromatic N) is 2. The molecule has 0 fully saturated rings. The number of nitrogens with one attached hydrogen (secondary N) is 2. The maximum Gasteiger partial charge on any atom is 0.255 e. The number of carbonyl (C=O) groups excluding carboxylic acids is 1. The number of imidazole rings is 1. The third-order valence-corrected chi connectivity index (χ3v) is 5.38. The Balaban J connectivity index is 1.76. The predicted molar refractivity (Wildman–Crippen MR) is 103 cm³/mol. The van der Waals surface area contributed by atoms with E-state index >= 15 is 0 Å². The van der Waals surface area contributed by atoms with E-state index in [1.54, 1.807) is 50.6 Å². The van der Waals surface area contributed by atoms with E-state index in [2.05, 4.69) is 15.0 Å². The van der Waals surface area contributed by atoms with E-state index in [0.29, 0.717) is 5.69 Å². The van der Waals surface area contributed by atoms with Gasteiger partial charge in [-0.3, -0.25) is 4.79 Å². The molecule has 0 aliphatic rings. The van der Waals surface area contributed by atoms with Crippen molar-refractivity contribution >= 4 is 21.6 Å². The second-order valence-corrected chi connectivity index (χ2v) is 7.99. The zero-order valence-electron chi connectivity index (χ0n) is 15.0. The minimum Gasteiger partial charge on any atom is -0.322 e. The monoisotopic (exact) mass is 384 g/mol. The van der Waals surface area contributed by atoms with E-state index in [4.69, 9.17) is 0 Å². The third-order valence-electron chi connectivity index (χ3n) is 3.73. The summed E-state index contributed by atoms with van der Waals surface area (Å²) in [6.07, 6.45) is 5.19. The van der Waals surface area contributed by atoms with Gasteiger partial charge in [-0.2, -0.15) is 0 Å². The first-order chi connectivity index (χ1) is 12.8. The molecular formula is C19H20N4O3S. The number of benzene rings is 2. The number of hydrogen-bond acceptors (Lipinski definition) is 4. The summed E-state index contributed by atoms with van der Waals surface area (Å²) < 4.78 is 28.9. The van der Waals surface area contributed by atoms with E-state index in [1.807, 2.05) is 22.9 Å². The molecule has 0 spiro atoms. The molecule has 0 aliphatic heterocycles. The van der Waals surface area contributed by atoms with Gasteiger partial charge in [0.1, 0.15) is 0 Å². The highest BCUT2D eigenvalue weighted by molar-refractivity contribution is 7.89. The van der Waals surface area contributed by atoms with Gasteiger partial charge in [0.05, 0.1) is 11.2 Å². The molecule has 8 heteroatoms. The molecule has 0 atom stereocenters. The van der Waals surface area contributed by atoms with Crippen LogP contribution in [0.1, 0.15) is 24.2 Å². The highest BCUT2D eigenvalue weighted by Crippen LogP contribution is 2.16. The van der Waals surface area contributed by atoms with E-state index < -0.39 is 10.0 Å². The maximum atomic E-state index is 12.5. The average Bonchev–Trinajstić information content (AvgIpc) is 3.16. The van der Waals surface area contributed by atoms with Crippen LogP contribution in [0.3, 0.4) is 0 Å². The van der Waals surface area contributed by atoms with Crippen LogP contribution in [0.15, 0.2) is 72.1 Å². The van der Waals surface area contributed by atoms with E-state index in [0.717, 1.165) is 5.69 Å². The van der Waals surface area contributed by atoms with Gasteiger partial charge in [0.2, 0.25) is 10.0 Å². The molecule has 140 valence electrons. The molecular weight excluding hydrogens is 364 g/mol. The minimum absolute atomic E-state index is 0.0549. The Labute approximate surface area is 158 Å². The van der Waals surface area contributed by atoms with Gasteiger partial charge in [0.15, 0.2) is 0 Å². The summed E-state index contributed by atoms with van der Waals surface area (Å²) in [5.41, 5.74) is 1.79. The molecule has 1 aromatic heterocycles. The van der Waals surface area contributed by atoms with Crippen LogP contribution in [-0.2, 0) is 10.0 Å². The number of rotatable bonds is 6. The summed E-state index contributed by atoms with van der Waals surface area (Å²) in [6.45, 7) is 3.48. The maximum absolute atomic E-state index is 12.5. The summed E-state index contributed by atoms with van der Waals surface area (Å²) in [5, 5.41) is 2.77. The van der Waals surface area contributed by atoms with Gasteiger partial charge in [-0.15, -0.1) is 0 Å². The van der Waals surface area contributed by atoms with Gasteiger partial charge in [0.25, 0.3) is 5.91 Å². The lowest BCUT2D eigenvalue weighted by Crippen LogP contribution is -2.30. The highest BCUT2D eigenvalue weighted by Gasteiger charge is 2.17. The lowest BCUT2D eigenvalue weighted by Gasteiger charge is -2.11. The molecule has 27 heavy (non-hydrogen) atoms. The molecule has 7 nitrogen and oxygen atoms in total. The van der Waals surface area contributed by atoms with Crippen molar-refractivity contribution in [1.29, 1.82) is 0 Å². The molecule has 1 heterocycles. The molecule has 0 saturated carbocycles. The predicted octanol–water partition coefficient (Wildman–Crippen LogP) is 2.81. The largest absolute Gasteiger partial charge is 0.322 e. The minimum atomic E-state index is -3.66. The van der Waals surface area contributed by atoms with Crippen LogP contribution in [0.4, 0.5) is 5.69 Å². The standard InChI is InChI=1S/C19H20N4O3S/c1-14(2)22-27(25,26)18-5-3-4-15(12-18)19(24)21-16-6-8-17(9-7-16)23-11-10-20-13-23/h3-14,22H,1-2H3,(H,21,24). The Morgan fingerprint density at radius 2 is 1.85 bits per heavy atom. The average molecular weight is 384 g/mol.